The van der Waals surface area contributed by atoms with Gasteiger partial charge in [0, 0.05) is 5.69 Å². The van der Waals surface area contributed by atoms with Crippen molar-refractivity contribution in [2.24, 2.45) is 5.73 Å². The predicted molar refractivity (Wildman–Crippen MR) is 70.3 cm³/mol. The van der Waals surface area contributed by atoms with E-state index < -0.39 is 23.9 Å². The molecule has 3 N–H and O–H groups in total. The monoisotopic (exact) mass is 282 g/mol. The van der Waals surface area contributed by atoms with Crippen LogP contribution in [-0.2, 0) is 20.7 Å². The lowest BCUT2D eigenvalue weighted by Crippen LogP contribution is -2.30. The molecule has 1 atom stereocenters. The molecule has 0 fully saturated rings. The fourth-order valence-electron chi connectivity index (χ4n) is 1.78. The Labute approximate surface area is 116 Å². The number of amides is 1. The van der Waals surface area contributed by atoms with Gasteiger partial charge in [0.1, 0.15) is 5.69 Å². The molecule has 0 aromatic carbocycles. The molecule has 110 valence electrons. The molecule has 1 aromatic heterocycles. The Balaban J connectivity index is 3.14. The maximum Gasteiger partial charge on any atom is 0.355 e. The van der Waals surface area contributed by atoms with E-state index in [1.165, 1.54) is 14.0 Å². The summed E-state index contributed by atoms with van der Waals surface area (Å²) in [4.78, 5) is 37.4. The Bertz CT molecular complexity index is 547. The second-order valence-corrected chi connectivity index (χ2v) is 4.27. The first kappa shape index (κ1) is 15.7. The van der Waals surface area contributed by atoms with E-state index in [9.17, 15) is 14.4 Å². The average Bonchev–Trinajstić information content (AvgIpc) is 2.74. The largest absolute Gasteiger partial charge is 0.465 e. The molecule has 7 heteroatoms. The van der Waals surface area contributed by atoms with Gasteiger partial charge in [-0.25, -0.2) is 9.59 Å². The number of H-pyrrole nitrogens is 1. The van der Waals surface area contributed by atoms with Gasteiger partial charge in [-0.05, 0) is 25.8 Å². The number of aromatic amines is 1. The smallest absolute Gasteiger partial charge is 0.355 e. The number of primary amides is 1. The van der Waals surface area contributed by atoms with Crippen LogP contribution in [0.5, 0.6) is 0 Å². The van der Waals surface area contributed by atoms with E-state index in [-0.39, 0.29) is 5.69 Å². The van der Waals surface area contributed by atoms with Gasteiger partial charge in [0.2, 0.25) is 0 Å². The van der Waals surface area contributed by atoms with Crippen LogP contribution in [0.25, 0.3) is 0 Å². The number of ether oxygens (including phenoxy) is 2. The topological polar surface area (TPSA) is 111 Å². The van der Waals surface area contributed by atoms with E-state index in [1.807, 2.05) is 6.92 Å². The van der Waals surface area contributed by atoms with E-state index in [2.05, 4.69) is 9.72 Å². The van der Waals surface area contributed by atoms with Crippen molar-refractivity contribution in [2.75, 3.05) is 7.11 Å². The summed E-state index contributed by atoms with van der Waals surface area (Å²) in [6, 6.07) is 0. The normalized spacial score (nSPS) is 11.8. The lowest BCUT2D eigenvalue weighted by Gasteiger charge is -2.09. The highest BCUT2D eigenvalue weighted by Gasteiger charge is 2.26. The fraction of sp³-hybridized carbons (Fsp3) is 0.462. The molecule has 0 saturated heterocycles. The van der Waals surface area contributed by atoms with Crippen LogP contribution in [-0.4, -0.2) is 36.0 Å². The summed E-state index contributed by atoms with van der Waals surface area (Å²) in [6.45, 7) is 4.81. The highest BCUT2D eigenvalue weighted by atomic mass is 16.5. The first-order valence-corrected chi connectivity index (χ1v) is 6.13. The first-order valence-electron chi connectivity index (χ1n) is 6.13. The number of aryl methyl sites for hydroxylation is 1. The molecule has 0 saturated carbocycles. The Morgan fingerprint density at radius 2 is 1.90 bits per heavy atom. The SMILES string of the molecule is CCc1[nH]c(C(=O)OC(C)C(N)=O)c(C)c1C(=O)OC. The first-order chi connectivity index (χ1) is 9.33. The van der Waals surface area contributed by atoms with Crippen LogP contribution in [0.4, 0.5) is 0 Å². The second-order valence-electron chi connectivity index (χ2n) is 4.27. The number of nitrogens with one attached hydrogen (secondary N) is 1. The number of esters is 2. The minimum absolute atomic E-state index is 0.121. The molecule has 0 bridgehead atoms. The molecule has 1 heterocycles. The minimum Gasteiger partial charge on any atom is -0.465 e. The van der Waals surface area contributed by atoms with E-state index in [0.717, 1.165) is 0 Å². The molecular formula is C13H18N2O5. The second kappa shape index (κ2) is 6.23. The minimum atomic E-state index is -1.04. The number of aromatic nitrogens is 1. The van der Waals surface area contributed by atoms with Gasteiger partial charge in [0.25, 0.3) is 5.91 Å². The van der Waals surface area contributed by atoms with Crippen molar-refractivity contribution in [3.05, 3.63) is 22.5 Å². The molecule has 0 aliphatic carbocycles. The highest BCUT2D eigenvalue weighted by Crippen LogP contribution is 2.21. The molecule has 0 aliphatic heterocycles. The van der Waals surface area contributed by atoms with Gasteiger partial charge in [0.05, 0.1) is 12.7 Å². The van der Waals surface area contributed by atoms with Crippen LogP contribution in [0.15, 0.2) is 0 Å². The number of carbonyl (C=O) groups excluding carboxylic acids is 3. The van der Waals surface area contributed by atoms with Crippen molar-refractivity contribution in [1.82, 2.24) is 4.98 Å². The zero-order valence-electron chi connectivity index (χ0n) is 11.9. The summed E-state index contributed by atoms with van der Waals surface area (Å²) in [5.74, 6) is -2.01. The van der Waals surface area contributed by atoms with E-state index >= 15 is 0 Å². The molecule has 0 aliphatic rings. The third-order valence-electron chi connectivity index (χ3n) is 2.96. The van der Waals surface area contributed by atoms with Gasteiger partial charge in [-0.3, -0.25) is 4.79 Å². The van der Waals surface area contributed by atoms with Gasteiger partial charge in [-0.1, -0.05) is 6.92 Å². The summed E-state index contributed by atoms with van der Waals surface area (Å²) < 4.78 is 9.59. The Morgan fingerprint density at radius 1 is 1.30 bits per heavy atom. The lowest BCUT2D eigenvalue weighted by atomic mass is 10.1. The fourth-order valence-corrected chi connectivity index (χ4v) is 1.78. The van der Waals surface area contributed by atoms with Crippen LogP contribution < -0.4 is 5.73 Å². The summed E-state index contributed by atoms with van der Waals surface area (Å²) in [7, 11) is 1.27. The van der Waals surface area contributed by atoms with Gasteiger partial charge in [0.15, 0.2) is 6.10 Å². The number of carbonyl (C=O) groups is 3. The van der Waals surface area contributed by atoms with Crippen LogP contribution in [0.1, 0.15) is 46.0 Å². The van der Waals surface area contributed by atoms with Crippen LogP contribution in [0.2, 0.25) is 0 Å². The standard InChI is InChI=1S/C13H18N2O5/c1-5-8-9(12(17)19-4)6(2)10(15-8)13(18)20-7(3)11(14)16/h7,15H,5H2,1-4H3,(H2,14,16). The van der Waals surface area contributed by atoms with Crippen molar-refractivity contribution in [3.8, 4) is 0 Å². The number of hydrogen-bond acceptors (Lipinski definition) is 5. The average molecular weight is 282 g/mol. The molecule has 1 unspecified atom stereocenters. The lowest BCUT2D eigenvalue weighted by molar-refractivity contribution is -0.125. The van der Waals surface area contributed by atoms with Crippen LogP contribution in [0.3, 0.4) is 0 Å². The molecule has 7 nitrogen and oxygen atoms in total. The predicted octanol–water partition coefficient (Wildman–Crippen LogP) is 0.703. The maximum absolute atomic E-state index is 12.0. The van der Waals surface area contributed by atoms with Crippen molar-refractivity contribution < 1.29 is 23.9 Å². The molecule has 1 rings (SSSR count). The third-order valence-corrected chi connectivity index (χ3v) is 2.96. The van der Waals surface area contributed by atoms with Crippen molar-refractivity contribution in [3.63, 3.8) is 0 Å². The number of methoxy groups -OCH3 is 1. The van der Waals surface area contributed by atoms with E-state index in [4.69, 9.17) is 10.5 Å². The van der Waals surface area contributed by atoms with E-state index in [0.29, 0.717) is 23.2 Å². The van der Waals surface area contributed by atoms with E-state index in [1.54, 1.807) is 6.92 Å². The Hall–Kier alpha value is -2.31. The molecule has 1 aromatic rings. The molecule has 0 radical (unpaired) electrons. The van der Waals surface area contributed by atoms with Crippen molar-refractivity contribution >= 4 is 17.8 Å². The Morgan fingerprint density at radius 3 is 2.35 bits per heavy atom. The quantitative estimate of drug-likeness (QED) is 0.772. The highest BCUT2D eigenvalue weighted by molar-refractivity contribution is 5.99. The molecular weight excluding hydrogens is 264 g/mol. The van der Waals surface area contributed by atoms with Gasteiger partial charge in [-0.2, -0.15) is 0 Å². The molecule has 0 spiro atoms. The molecule has 20 heavy (non-hydrogen) atoms. The maximum atomic E-state index is 12.0. The summed E-state index contributed by atoms with van der Waals surface area (Å²) >= 11 is 0. The third kappa shape index (κ3) is 2.98. The van der Waals surface area contributed by atoms with Gasteiger partial charge >= 0.3 is 11.9 Å². The number of nitrogens with two attached hydrogens (primary N) is 1. The summed E-state index contributed by atoms with van der Waals surface area (Å²) in [5.41, 5.74) is 6.47. The Kier molecular flexibility index (Phi) is 4.90. The van der Waals surface area contributed by atoms with Crippen molar-refractivity contribution in [2.45, 2.75) is 33.3 Å². The zero-order valence-corrected chi connectivity index (χ0v) is 11.9. The summed E-state index contributed by atoms with van der Waals surface area (Å²) in [5, 5.41) is 0. The zero-order chi connectivity index (χ0) is 15.4. The van der Waals surface area contributed by atoms with Crippen molar-refractivity contribution in [1.29, 1.82) is 0 Å². The number of hydrogen-bond donors (Lipinski definition) is 2. The van der Waals surface area contributed by atoms with Gasteiger partial charge in [-0.15, -0.1) is 0 Å². The number of rotatable bonds is 5. The summed E-state index contributed by atoms with van der Waals surface area (Å²) in [6.07, 6.45) is -0.527. The van der Waals surface area contributed by atoms with Crippen LogP contribution >= 0.6 is 0 Å². The van der Waals surface area contributed by atoms with Crippen LogP contribution in [0, 0.1) is 6.92 Å². The molecule has 1 amide bonds. The van der Waals surface area contributed by atoms with Gasteiger partial charge < -0.3 is 20.2 Å².